The molecule has 0 saturated carbocycles. The standard InChI is InChI=1S/C12H9N3O2S/c13-5-6-17-10-3-1-9(2-4-10)15-12(16)11-7-14-8-18-11/h1-4,7-8H,6H2,(H,15,16). The van der Waals surface area contributed by atoms with E-state index in [2.05, 4.69) is 10.3 Å². The third-order valence-electron chi connectivity index (χ3n) is 2.07. The van der Waals surface area contributed by atoms with Crippen LogP contribution in [0.15, 0.2) is 36.0 Å². The van der Waals surface area contributed by atoms with Crippen LogP contribution in [0.1, 0.15) is 9.67 Å². The minimum atomic E-state index is -0.191. The summed E-state index contributed by atoms with van der Waals surface area (Å²) in [7, 11) is 0. The number of ether oxygens (including phenoxy) is 1. The van der Waals surface area contributed by atoms with Gasteiger partial charge < -0.3 is 10.1 Å². The number of carbonyl (C=O) groups is 1. The fraction of sp³-hybridized carbons (Fsp3) is 0.0833. The summed E-state index contributed by atoms with van der Waals surface area (Å²) >= 11 is 1.28. The SMILES string of the molecule is N#CCOc1ccc(NC(=O)c2cncs2)cc1. The second-order valence-electron chi connectivity index (χ2n) is 3.29. The Morgan fingerprint density at radius 2 is 2.22 bits per heavy atom. The minimum Gasteiger partial charge on any atom is -0.479 e. The van der Waals surface area contributed by atoms with Crippen LogP contribution in [0.2, 0.25) is 0 Å². The lowest BCUT2D eigenvalue weighted by atomic mass is 10.3. The van der Waals surface area contributed by atoms with Gasteiger partial charge in [-0.1, -0.05) is 0 Å². The molecule has 2 rings (SSSR count). The number of anilines is 1. The van der Waals surface area contributed by atoms with Crippen molar-refractivity contribution >= 4 is 22.9 Å². The quantitative estimate of drug-likeness (QED) is 0.914. The van der Waals surface area contributed by atoms with Crippen LogP contribution in [0.5, 0.6) is 5.75 Å². The largest absolute Gasteiger partial charge is 0.479 e. The molecule has 1 heterocycles. The average molecular weight is 259 g/mol. The molecule has 6 heteroatoms. The molecular formula is C12H9N3O2S. The molecule has 1 N–H and O–H groups in total. The van der Waals surface area contributed by atoms with E-state index in [1.54, 1.807) is 29.8 Å². The predicted octanol–water partition coefficient (Wildman–Crippen LogP) is 2.30. The normalized spacial score (nSPS) is 9.50. The lowest BCUT2D eigenvalue weighted by Crippen LogP contribution is -2.09. The fourth-order valence-electron chi connectivity index (χ4n) is 1.27. The zero-order valence-electron chi connectivity index (χ0n) is 9.29. The third kappa shape index (κ3) is 3.06. The van der Waals surface area contributed by atoms with E-state index in [1.165, 1.54) is 17.5 Å². The Kier molecular flexibility index (Phi) is 3.89. The van der Waals surface area contributed by atoms with Crippen LogP contribution in [-0.2, 0) is 0 Å². The highest BCUT2D eigenvalue weighted by Crippen LogP contribution is 2.17. The Morgan fingerprint density at radius 1 is 1.44 bits per heavy atom. The van der Waals surface area contributed by atoms with Crippen LogP contribution < -0.4 is 10.1 Å². The monoisotopic (exact) mass is 259 g/mol. The first-order valence-electron chi connectivity index (χ1n) is 5.09. The van der Waals surface area contributed by atoms with Crippen LogP contribution in [0.25, 0.3) is 0 Å². The number of nitrogens with zero attached hydrogens (tertiary/aromatic N) is 2. The van der Waals surface area contributed by atoms with E-state index in [0.717, 1.165) is 0 Å². The average Bonchev–Trinajstić information content (AvgIpc) is 2.92. The first-order chi connectivity index (χ1) is 8.79. The smallest absolute Gasteiger partial charge is 0.267 e. The van der Waals surface area contributed by atoms with Gasteiger partial charge in [0.15, 0.2) is 6.61 Å². The van der Waals surface area contributed by atoms with Crippen molar-refractivity contribution in [3.8, 4) is 11.8 Å². The minimum absolute atomic E-state index is 0.00652. The van der Waals surface area contributed by atoms with Crippen molar-refractivity contribution in [1.82, 2.24) is 4.98 Å². The van der Waals surface area contributed by atoms with Crippen LogP contribution in [-0.4, -0.2) is 17.5 Å². The lowest BCUT2D eigenvalue weighted by molar-refractivity contribution is 0.103. The molecule has 2 aromatic rings. The summed E-state index contributed by atoms with van der Waals surface area (Å²) in [5.74, 6) is 0.399. The van der Waals surface area contributed by atoms with Gasteiger partial charge in [-0.25, -0.2) is 0 Å². The molecule has 0 aliphatic carbocycles. The molecule has 0 fully saturated rings. The Hall–Kier alpha value is -2.39. The fourth-order valence-corrected chi connectivity index (χ4v) is 1.79. The summed E-state index contributed by atoms with van der Waals surface area (Å²) in [6.45, 7) is 0.00652. The van der Waals surface area contributed by atoms with Crippen molar-refractivity contribution in [3.63, 3.8) is 0 Å². The first-order valence-corrected chi connectivity index (χ1v) is 5.97. The highest BCUT2D eigenvalue weighted by Gasteiger charge is 2.07. The maximum absolute atomic E-state index is 11.7. The van der Waals surface area contributed by atoms with Gasteiger partial charge in [0.05, 0.1) is 11.7 Å². The molecule has 0 atom stereocenters. The number of carbonyl (C=O) groups excluding carboxylic acids is 1. The van der Waals surface area contributed by atoms with E-state index in [9.17, 15) is 4.79 Å². The molecule has 0 aliphatic rings. The van der Waals surface area contributed by atoms with Gasteiger partial charge in [0, 0.05) is 5.69 Å². The first kappa shape index (κ1) is 12.1. The molecule has 1 aromatic carbocycles. The van der Waals surface area contributed by atoms with Crippen molar-refractivity contribution in [2.75, 3.05) is 11.9 Å². The van der Waals surface area contributed by atoms with E-state index in [-0.39, 0.29) is 12.5 Å². The van der Waals surface area contributed by atoms with Gasteiger partial charge in [0.1, 0.15) is 16.7 Å². The number of hydrogen-bond donors (Lipinski definition) is 1. The molecule has 18 heavy (non-hydrogen) atoms. The summed E-state index contributed by atoms with van der Waals surface area (Å²) in [5, 5.41) is 11.1. The molecule has 0 spiro atoms. The van der Waals surface area contributed by atoms with Crippen LogP contribution >= 0.6 is 11.3 Å². The van der Waals surface area contributed by atoms with Gasteiger partial charge in [0.2, 0.25) is 0 Å². The predicted molar refractivity (Wildman–Crippen MR) is 67.6 cm³/mol. The zero-order valence-corrected chi connectivity index (χ0v) is 10.1. The van der Waals surface area contributed by atoms with Gasteiger partial charge >= 0.3 is 0 Å². The van der Waals surface area contributed by atoms with Crippen molar-refractivity contribution < 1.29 is 9.53 Å². The molecule has 0 unspecified atom stereocenters. The number of nitriles is 1. The molecule has 90 valence electrons. The van der Waals surface area contributed by atoms with Gasteiger partial charge in [-0.3, -0.25) is 9.78 Å². The maximum atomic E-state index is 11.7. The Bertz CT molecular complexity index is 558. The summed E-state index contributed by atoms with van der Waals surface area (Å²) in [5.41, 5.74) is 2.27. The molecular weight excluding hydrogens is 250 g/mol. The van der Waals surface area contributed by atoms with E-state index in [0.29, 0.717) is 16.3 Å². The number of amides is 1. The summed E-state index contributed by atoms with van der Waals surface area (Å²) < 4.78 is 5.11. The summed E-state index contributed by atoms with van der Waals surface area (Å²) in [6, 6.07) is 8.70. The number of benzene rings is 1. The van der Waals surface area contributed by atoms with Crippen LogP contribution in [0.4, 0.5) is 5.69 Å². The lowest BCUT2D eigenvalue weighted by Gasteiger charge is -2.05. The molecule has 1 aromatic heterocycles. The second-order valence-corrected chi connectivity index (χ2v) is 4.18. The molecule has 0 aliphatic heterocycles. The van der Waals surface area contributed by atoms with Crippen LogP contribution in [0, 0.1) is 11.3 Å². The van der Waals surface area contributed by atoms with Crippen molar-refractivity contribution in [2.24, 2.45) is 0 Å². The number of thiazole rings is 1. The molecule has 0 bridgehead atoms. The Morgan fingerprint density at radius 3 is 2.83 bits per heavy atom. The molecule has 0 saturated heterocycles. The van der Waals surface area contributed by atoms with Crippen molar-refractivity contribution in [1.29, 1.82) is 5.26 Å². The maximum Gasteiger partial charge on any atom is 0.267 e. The van der Waals surface area contributed by atoms with Gasteiger partial charge in [-0.2, -0.15) is 5.26 Å². The van der Waals surface area contributed by atoms with E-state index < -0.39 is 0 Å². The van der Waals surface area contributed by atoms with Crippen molar-refractivity contribution in [2.45, 2.75) is 0 Å². The molecule has 0 radical (unpaired) electrons. The van der Waals surface area contributed by atoms with Gasteiger partial charge in [-0.05, 0) is 24.3 Å². The summed E-state index contributed by atoms with van der Waals surface area (Å²) in [4.78, 5) is 16.1. The number of hydrogen-bond acceptors (Lipinski definition) is 5. The topological polar surface area (TPSA) is 75.0 Å². The Balaban J connectivity index is 1.98. The highest BCUT2D eigenvalue weighted by atomic mass is 32.1. The molecule has 5 nitrogen and oxygen atoms in total. The van der Waals surface area contributed by atoms with Crippen molar-refractivity contribution in [3.05, 3.63) is 40.8 Å². The second kappa shape index (κ2) is 5.80. The number of nitrogens with one attached hydrogen (secondary N) is 1. The zero-order chi connectivity index (χ0) is 12.8. The molecule has 1 amide bonds. The van der Waals surface area contributed by atoms with E-state index >= 15 is 0 Å². The van der Waals surface area contributed by atoms with E-state index in [1.807, 2.05) is 6.07 Å². The van der Waals surface area contributed by atoms with E-state index in [4.69, 9.17) is 10.00 Å². The Labute approximate surface area is 108 Å². The number of rotatable bonds is 4. The van der Waals surface area contributed by atoms with Crippen LogP contribution in [0.3, 0.4) is 0 Å². The van der Waals surface area contributed by atoms with Gasteiger partial charge in [0.25, 0.3) is 5.91 Å². The number of aromatic nitrogens is 1. The summed E-state index contributed by atoms with van der Waals surface area (Å²) in [6.07, 6.45) is 1.52. The third-order valence-corrected chi connectivity index (χ3v) is 2.84. The van der Waals surface area contributed by atoms with Gasteiger partial charge in [-0.15, -0.1) is 11.3 Å². The highest BCUT2D eigenvalue weighted by molar-refractivity contribution is 7.11.